The van der Waals surface area contributed by atoms with Crippen LogP contribution in [0.2, 0.25) is 0 Å². The van der Waals surface area contributed by atoms with Crippen LogP contribution in [0.5, 0.6) is 5.75 Å². The van der Waals surface area contributed by atoms with Gasteiger partial charge in [-0.1, -0.05) is 6.07 Å². The number of primary amides is 1. The van der Waals surface area contributed by atoms with E-state index in [-0.39, 0.29) is 5.75 Å². The van der Waals surface area contributed by atoms with E-state index in [1.807, 2.05) is 5.32 Å². The van der Waals surface area contributed by atoms with Crippen LogP contribution in [0.3, 0.4) is 0 Å². The Labute approximate surface area is 91.4 Å². The Morgan fingerprint density at radius 2 is 2.19 bits per heavy atom. The minimum Gasteiger partial charge on any atom is -0.484 e. The first kappa shape index (κ1) is 12.0. The van der Waals surface area contributed by atoms with Crippen LogP contribution < -0.4 is 15.8 Å². The molecule has 1 aromatic rings. The van der Waals surface area contributed by atoms with Crippen molar-refractivity contribution >= 4 is 11.9 Å². The molecule has 1 aromatic carbocycles. The zero-order valence-corrected chi connectivity index (χ0v) is 8.62. The number of nitrogens with one attached hydrogen (secondary N) is 1. The van der Waals surface area contributed by atoms with Gasteiger partial charge in [0.1, 0.15) is 11.6 Å². The summed E-state index contributed by atoms with van der Waals surface area (Å²) >= 11 is 0. The molecule has 5 nitrogen and oxygen atoms in total. The Morgan fingerprint density at radius 3 is 2.75 bits per heavy atom. The molecule has 0 aliphatic carbocycles. The van der Waals surface area contributed by atoms with Gasteiger partial charge in [0.25, 0.3) is 5.91 Å². The van der Waals surface area contributed by atoms with Gasteiger partial charge in [-0.3, -0.25) is 10.1 Å². The van der Waals surface area contributed by atoms with Crippen LogP contribution in [-0.4, -0.2) is 18.5 Å². The molecule has 0 atom stereocenters. The average molecular weight is 226 g/mol. The molecule has 6 heteroatoms. The maximum Gasteiger partial charge on any atom is 0.318 e. The Kier molecular flexibility index (Phi) is 3.82. The maximum atomic E-state index is 13.1. The highest BCUT2D eigenvalue weighted by atomic mass is 19.1. The molecule has 0 aliphatic heterocycles. The SMILES string of the molecule is Cc1ccc(OCC(=O)NC(N)=O)cc1F. The van der Waals surface area contributed by atoms with E-state index in [4.69, 9.17) is 10.5 Å². The Bertz CT molecular complexity index is 421. The molecule has 3 amide bonds. The van der Waals surface area contributed by atoms with Gasteiger partial charge in [-0.2, -0.15) is 0 Å². The molecule has 3 N–H and O–H groups in total. The Balaban J connectivity index is 2.51. The van der Waals surface area contributed by atoms with Gasteiger partial charge in [0.2, 0.25) is 0 Å². The van der Waals surface area contributed by atoms with Gasteiger partial charge in [0.05, 0.1) is 0 Å². The van der Waals surface area contributed by atoms with Crippen molar-refractivity contribution in [1.82, 2.24) is 5.32 Å². The molecule has 0 aromatic heterocycles. The van der Waals surface area contributed by atoms with Crippen molar-refractivity contribution in [3.63, 3.8) is 0 Å². The Hall–Kier alpha value is -2.11. The van der Waals surface area contributed by atoms with Crippen molar-refractivity contribution in [3.8, 4) is 5.75 Å². The molecule has 0 spiro atoms. The molecule has 0 radical (unpaired) electrons. The molecule has 1 rings (SSSR count). The molecule has 0 fully saturated rings. The molecule has 0 heterocycles. The number of ether oxygens (including phenoxy) is 1. The van der Waals surface area contributed by atoms with Crippen LogP contribution in [0.25, 0.3) is 0 Å². The predicted octanol–water partition coefficient (Wildman–Crippen LogP) is 0.708. The average Bonchev–Trinajstić information content (AvgIpc) is 2.19. The van der Waals surface area contributed by atoms with Gasteiger partial charge in [0, 0.05) is 6.07 Å². The predicted molar refractivity (Wildman–Crippen MR) is 54.4 cm³/mol. The van der Waals surface area contributed by atoms with E-state index in [1.54, 1.807) is 6.92 Å². The summed E-state index contributed by atoms with van der Waals surface area (Å²) in [6.45, 7) is 1.21. The van der Waals surface area contributed by atoms with Crippen LogP contribution in [-0.2, 0) is 4.79 Å². The zero-order valence-electron chi connectivity index (χ0n) is 8.62. The molecule has 0 saturated carbocycles. The van der Waals surface area contributed by atoms with Crippen molar-refractivity contribution < 1.29 is 18.7 Å². The molecule has 0 bridgehead atoms. The number of hydrogen-bond donors (Lipinski definition) is 2. The highest BCUT2D eigenvalue weighted by molar-refractivity contribution is 5.94. The molecule has 0 unspecified atom stereocenters. The topological polar surface area (TPSA) is 81.4 Å². The van der Waals surface area contributed by atoms with Gasteiger partial charge in [-0.15, -0.1) is 0 Å². The maximum absolute atomic E-state index is 13.1. The number of rotatable bonds is 3. The smallest absolute Gasteiger partial charge is 0.318 e. The number of carbonyl (C=O) groups is 2. The third kappa shape index (κ3) is 3.56. The van der Waals surface area contributed by atoms with Crippen molar-refractivity contribution in [2.75, 3.05) is 6.61 Å². The van der Waals surface area contributed by atoms with E-state index in [2.05, 4.69) is 0 Å². The van der Waals surface area contributed by atoms with E-state index in [0.29, 0.717) is 5.56 Å². The molecule has 0 aliphatic rings. The first-order valence-corrected chi connectivity index (χ1v) is 4.47. The van der Waals surface area contributed by atoms with E-state index in [1.165, 1.54) is 12.1 Å². The summed E-state index contributed by atoms with van der Waals surface area (Å²) in [6.07, 6.45) is 0. The van der Waals surface area contributed by atoms with Crippen LogP contribution in [0.4, 0.5) is 9.18 Å². The first-order chi connectivity index (χ1) is 7.49. The van der Waals surface area contributed by atoms with Crippen LogP contribution in [0.15, 0.2) is 18.2 Å². The fourth-order valence-electron chi connectivity index (χ4n) is 0.986. The monoisotopic (exact) mass is 226 g/mol. The summed E-state index contributed by atoms with van der Waals surface area (Å²) in [6, 6.07) is 3.25. The number of aryl methyl sites for hydroxylation is 1. The van der Waals surface area contributed by atoms with Crippen molar-refractivity contribution in [2.24, 2.45) is 5.73 Å². The summed E-state index contributed by atoms with van der Waals surface area (Å²) in [4.78, 5) is 21.2. The third-order valence-electron chi connectivity index (χ3n) is 1.78. The number of amides is 3. The van der Waals surface area contributed by atoms with E-state index in [9.17, 15) is 14.0 Å². The number of nitrogens with two attached hydrogens (primary N) is 1. The van der Waals surface area contributed by atoms with Gasteiger partial charge in [-0.05, 0) is 18.6 Å². The quantitative estimate of drug-likeness (QED) is 0.796. The van der Waals surface area contributed by atoms with Crippen molar-refractivity contribution in [3.05, 3.63) is 29.6 Å². The number of urea groups is 1. The fraction of sp³-hybridized carbons (Fsp3) is 0.200. The van der Waals surface area contributed by atoms with Gasteiger partial charge in [0.15, 0.2) is 6.61 Å². The molecule has 0 saturated heterocycles. The number of imide groups is 1. The standard InChI is InChI=1S/C10H11FN2O3/c1-6-2-3-7(4-8(6)11)16-5-9(14)13-10(12)15/h2-4H,5H2,1H3,(H3,12,13,14,15). The highest BCUT2D eigenvalue weighted by Crippen LogP contribution is 2.15. The van der Waals surface area contributed by atoms with E-state index in [0.717, 1.165) is 6.07 Å². The Morgan fingerprint density at radius 1 is 1.50 bits per heavy atom. The lowest BCUT2D eigenvalue weighted by Gasteiger charge is -2.06. The lowest BCUT2D eigenvalue weighted by atomic mass is 10.2. The number of halogens is 1. The van der Waals surface area contributed by atoms with Gasteiger partial charge < -0.3 is 10.5 Å². The van der Waals surface area contributed by atoms with Gasteiger partial charge >= 0.3 is 6.03 Å². The van der Waals surface area contributed by atoms with E-state index < -0.39 is 24.4 Å². The van der Waals surface area contributed by atoms with Crippen LogP contribution in [0.1, 0.15) is 5.56 Å². The second kappa shape index (κ2) is 5.11. The minimum atomic E-state index is -0.955. The number of carbonyl (C=O) groups excluding carboxylic acids is 2. The van der Waals surface area contributed by atoms with E-state index >= 15 is 0 Å². The fourth-order valence-corrected chi connectivity index (χ4v) is 0.986. The van der Waals surface area contributed by atoms with Crippen LogP contribution in [0, 0.1) is 12.7 Å². The molecular formula is C10H11FN2O3. The lowest BCUT2D eigenvalue weighted by molar-refractivity contribution is -0.121. The summed E-state index contributed by atoms with van der Waals surface area (Å²) in [5.41, 5.74) is 5.20. The third-order valence-corrected chi connectivity index (χ3v) is 1.78. The number of hydrogen-bond acceptors (Lipinski definition) is 3. The van der Waals surface area contributed by atoms with Crippen LogP contribution >= 0.6 is 0 Å². The lowest BCUT2D eigenvalue weighted by Crippen LogP contribution is -2.38. The summed E-state index contributed by atoms with van der Waals surface area (Å²) in [7, 11) is 0. The summed E-state index contributed by atoms with van der Waals surface area (Å²) < 4.78 is 18.0. The van der Waals surface area contributed by atoms with Gasteiger partial charge in [-0.25, -0.2) is 9.18 Å². The van der Waals surface area contributed by atoms with Crippen molar-refractivity contribution in [1.29, 1.82) is 0 Å². The second-order valence-electron chi connectivity index (χ2n) is 3.11. The molecule has 86 valence electrons. The first-order valence-electron chi connectivity index (χ1n) is 4.47. The normalized spacial score (nSPS) is 9.62. The zero-order chi connectivity index (χ0) is 12.1. The number of benzene rings is 1. The summed E-state index contributed by atoms with van der Waals surface area (Å²) in [5, 5.41) is 1.82. The highest BCUT2D eigenvalue weighted by Gasteiger charge is 2.06. The largest absolute Gasteiger partial charge is 0.484 e. The second-order valence-corrected chi connectivity index (χ2v) is 3.11. The van der Waals surface area contributed by atoms with Crippen molar-refractivity contribution in [2.45, 2.75) is 6.92 Å². The molecule has 16 heavy (non-hydrogen) atoms. The summed E-state index contributed by atoms with van der Waals surface area (Å²) in [5.74, 6) is -0.899. The molecular weight excluding hydrogens is 215 g/mol. The minimum absolute atomic E-state index is 0.211.